The molecule has 2 aliphatic rings. The molecule has 1 aromatic heterocycles. The molecule has 4 rings (SSSR count). The Kier molecular flexibility index (Phi) is 5.33. The van der Waals surface area contributed by atoms with Gasteiger partial charge in [-0.2, -0.15) is 0 Å². The van der Waals surface area contributed by atoms with Crippen molar-refractivity contribution in [1.82, 2.24) is 20.2 Å². The topological polar surface area (TPSA) is 62.1 Å². The summed E-state index contributed by atoms with van der Waals surface area (Å²) in [4.78, 5) is 0. The molecule has 0 N–H and O–H groups in total. The second kappa shape index (κ2) is 7.86. The monoisotopic (exact) mass is 374 g/mol. The summed E-state index contributed by atoms with van der Waals surface area (Å²) in [6, 6.07) is 4.71. The second-order valence-electron chi connectivity index (χ2n) is 7.12. The molecular formula is C19H26N4O2S. The Morgan fingerprint density at radius 1 is 1.27 bits per heavy atom. The lowest BCUT2D eigenvalue weighted by molar-refractivity contribution is 0.254. The highest BCUT2D eigenvalue weighted by Gasteiger charge is 2.23. The Balaban J connectivity index is 1.51. The number of ether oxygens (including phenoxy) is 2. The van der Waals surface area contributed by atoms with Gasteiger partial charge in [0.05, 0.1) is 12.6 Å². The summed E-state index contributed by atoms with van der Waals surface area (Å²) in [5, 5.41) is 13.3. The molecule has 0 bridgehead atoms. The molecule has 7 heteroatoms. The molecule has 140 valence electrons. The first kappa shape index (κ1) is 17.6. The highest BCUT2D eigenvalue weighted by atomic mass is 32.2. The van der Waals surface area contributed by atoms with Crippen LogP contribution in [-0.2, 0) is 12.2 Å². The van der Waals surface area contributed by atoms with Crippen LogP contribution in [0.5, 0.6) is 11.5 Å². The van der Waals surface area contributed by atoms with E-state index in [-0.39, 0.29) is 6.10 Å². The Bertz CT molecular complexity index is 758. The molecule has 1 unspecified atom stereocenters. The van der Waals surface area contributed by atoms with Gasteiger partial charge in [0.15, 0.2) is 0 Å². The molecule has 2 aromatic rings. The third kappa shape index (κ3) is 3.68. The lowest BCUT2D eigenvalue weighted by Gasteiger charge is -2.22. The number of hydrogen-bond donors (Lipinski definition) is 0. The number of benzene rings is 1. The molecule has 1 aromatic carbocycles. The van der Waals surface area contributed by atoms with Crippen LogP contribution in [0.25, 0.3) is 0 Å². The number of nitrogens with zero attached hydrogens (tertiary/aromatic N) is 4. The Labute approximate surface area is 158 Å². The molecule has 1 atom stereocenters. The standard InChI is InChI=1S/C19H26N4O2S/c1-3-24-17-10-14-9-13(2)25-18(14)11-15(17)12-26-19-20-21-22-23(19)16-7-5-4-6-8-16/h10-11,13,16H,3-9,12H2,1-2H3. The van der Waals surface area contributed by atoms with Crippen LogP contribution in [0.3, 0.4) is 0 Å². The van der Waals surface area contributed by atoms with Crippen LogP contribution in [0.2, 0.25) is 0 Å². The van der Waals surface area contributed by atoms with Gasteiger partial charge in [0.1, 0.15) is 17.6 Å². The zero-order valence-corrected chi connectivity index (χ0v) is 16.3. The summed E-state index contributed by atoms with van der Waals surface area (Å²) >= 11 is 1.68. The van der Waals surface area contributed by atoms with Gasteiger partial charge in [0.2, 0.25) is 5.16 Å². The van der Waals surface area contributed by atoms with E-state index >= 15 is 0 Å². The summed E-state index contributed by atoms with van der Waals surface area (Å²) in [6.45, 7) is 4.78. The average Bonchev–Trinajstić information content (AvgIpc) is 3.26. The lowest BCUT2D eigenvalue weighted by Crippen LogP contribution is -2.15. The maximum Gasteiger partial charge on any atom is 0.209 e. The number of fused-ring (bicyclic) bond motifs is 1. The third-order valence-corrected chi connectivity index (χ3v) is 6.10. The van der Waals surface area contributed by atoms with Gasteiger partial charge in [-0.25, -0.2) is 4.68 Å². The minimum Gasteiger partial charge on any atom is -0.494 e. The molecule has 0 radical (unpaired) electrons. The van der Waals surface area contributed by atoms with Gasteiger partial charge in [-0.15, -0.1) is 5.10 Å². The van der Waals surface area contributed by atoms with E-state index in [1.165, 1.54) is 37.7 Å². The van der Waals surface area contributed by atoms with E-state index in [1.54, 1.807) is 11.8 Å². The van der Waals surface area contributed by atoms with Gasteiger partial charge in [-0.1, -0.05) is 31.0 Å². The number of thioether (sulfide) groups is 1. The first-order chi connectivity index (χ1) is 12.7. The lowest BCUT2D eigenvalue weighted by atomic mass is 9.96. The Morgan fingerprint density at radius 2 is 2.12 bits per heavy atom. The predicted octanol–water partition coefficient (Wildman–Crippen LogP) is 4.19. The first-order valence-corrected chi connectivity index (χ1v) is 10.6. The van der Waals surface area contributed by atoms with Crippen molar-refractivity contribution in [3.8, 4) is 11.5 Å². The van der Waals surface area contributed by atoms with E-state index in [2.05, 4.69) is 34.6 Å². The van der Waals surface area contributed by atoms with Crippen molar-refractivity contribution in [3.05, 3.63) is 23.3 Å². The van der Waals surface area contributed by atoms with Crippen molar-refractivity contribution >= 4 is 11.8 Å². The average molecular weight is 375 g/mol. The van der Waals surface area contributed by atoms with Crippen molar-refractivity contribution in [2.45, 2.75) is 75.4 Å². The van der Waals surface area contributed by atoms with E-state index in [0.717, 1.165) is 34.4 Å². The van der Waals surface area contributed by atoms with Crippen molar-refractivity contribution in [2.24, 2.45) is 0 Å². The predicted molar refractivity (Wildman–Crippen MR) is 101 cm³/mol. The van der Waals surface area contributed by atoms with Gasteiger partial charge in [0, 0.05) is 23.3 Å². The number of aromatic nitrogens is 4. The van der Waals surface area contributed by atoms with Crippen LogP contribution in [0.4, 0.5) is 0 Å². The smallest absolute Gasteiger partial charge is 0.209 e. The van der Waals surface area contributed by atoms with Crippen molar-refractivity contribution in [3.63, 3.8) is 0 Å². The van der Waals surface area contributed by atoms with Crippen molar-refractivity contribution in [1.29, 1.82) is 0 Å². The summed E-state index contributed by atoms with van der Waals surface area (Å²) in [5.41, 5.74) is 2.38. The zero-order chi connectivity index (χ0) is 17.9. The fourth-order valence-electron chi connectivity index (χ4n) is 3.86. The van der Waals surface area contributed by atoms with E-state index in [4.69, 9.17) is 9.47 Å². The second-order valence-corrected chi connectivity index (χ2v) is 8.06. The van der Waals surface area contributed by atoms with Gasteiger partial charge in [0.25, 0.3) is 0 Å². The fourth-order valence-corrected chi connectivity index (χ4v) is 4.78. The van der Waals surface area contributed by atoms with E-state index in [0.29, 0.717) is 12.6 Å². The summed E-state index contributed by atoms with van der Waals surface area (Å²) in [7, 11) is 0. The van der Waals surface area contributed by atoms with Crippen LogP contribution in [0.15, 0.2) is 17.3 Å². The third-order valence-electron chi connectivity index (χ3n) is 5.12. The van der Waals surface area contributed by atoms with Crippen LogP contribution in [0.1, 0.15) is 63.1 Å². The molecule has 1 aliphatic heterocycles. The molecule has 1 aliphatic carbocycles. The van der Waals surface area contributed by atoms with Crippen LogP contribution >= 0.6 is 11.8 Å². The zero-order valence-electron chi connectivity index (χ0n) is 15.5. The van der Waals surface area contributed by atoms with Crippen LogP contribution < -0.4 is 9.47 Å². The fraction of sp³-hybridized carbons (Fsp3) is 0.632. The maximum atomic E-state index is 5.93. The molecule has 26 heavy (non-hydrogen) atoms. The largest absolute Gasteiger partial charge is 0.494 e. The first-order valence-electron chi connectivity index (χ1n) is 9.60. The van der Waals surface area contributed by atoms with E-state index in [9.17, 15) is 0 Å². The van der Waals surface area contributed by atoms with Gasteiger partial charge in [-0.05, 0) is 49.2 Å². The van der Waals surface area contributed by atoms with Crippen molar-refractivity contribution < 1.29 is 9.47 Å². The van der Waals surface area contributed by atoms with Gasteiger partial charge in [-0.3, -0.25) is 0 Å². The van der Waals surface area contributed by atoms with Crippen LogP contribution in [0, 0.1) is 0 Å². The minimum atomic E-state index is 0.237. The molecule has 1 saturated carbocycles. The normalized spacial score (nSPS) is 20.0. The number of rotatable bonds is 6. The SMILES string of the molecule is CCOc1cc2c(cc1CSc1nnnn1C1CCCCC1)OC(C)C2. The Morgan fingerprint density at radius 3 is 2.92 bits per heavy atom. The van der Waals surface area contributed by atoms with Crippen LogP contribution in [-0.4, -0.2) is 32.9 Å². The van der Waals surface area contributed by atoms with Gasteiger partial charge >= 0.3 is 0 Å². The molecule has 1 fully saturated rings. The molecule has 6 nitrogen and oxygen atoms in total. The highest BCUT2D eigenvalue weighted by molar-refractivity contribution is 7.98. The van der Waals surface area contributed by atoms with Gasteiger partial charge < -0.3 is 9.47 Å². The summed E-state index contributed by atoms with van der Waals surface area (Å²) < 4.78 is 13.8. The molecule has 0 spiro atoms. The Hall–Kier alpha value is -1.76. The molecule has 2 heterocycles. The molecule has 0 saturated heterocycles. The quantitative estimate of drug-likeness (QED) is 0.707. The number of hydrogen-bond acceptors (Lipinski definition) is 6. The van der Waals surface area contributed by atoms with Crippen molar-refractivity contribution in [2.75, 3.05) is 6.61 Å². The maximum absolute atomic E-state index is 5.93. The van der Waals surface area contributed by atoms with E-state index in [1.807, 2.05) is 11.6 Å². The number of tetrazole rings is 1. The molecular weight excluding hydrogens is 348 g/mol. The highest BCUT2D eigenvalue weighted by Crippen LogP contribution is 2.38. The van der Waals surface area contributed by atoms with E-state index < -0.39 is 0 Å². The minimum absolute atomic E-state index is 0.237. The molecule has 0 amide bonds. The summed E-state index contributed by atoms with van der Waals surface area (Å²) in [6.07, 6.45) is 7.39. The summed E-state index contributed by atoms with van der Waals surface area (Å²) in [5.74, 6) is 2.71.